The number of nitrogens with zero attached hydrogens (tertiary/aromatic N) is 1. The molecule has 3 aromatic carbocycles. The van der Waals surface area contributed by atoms with Crippen LogP contribution >= 0.6 is 0 Å². The van der Waals surface area contributed by atoms with E-state index in [1.807, 2.05) is 62.4 Å². The van der Waals surface area contributed by atoms with Gasteiger partial charge in [-0.25, -0.2) is 0 Å². The molecule has 0 bridgehead atoms. The Labute approximate surface area is 205 Å². The molecule has 1 saturated heterocycles. The third kappa shape index (κ3) is 4.12. The van der Waals surface area contributed by atoms with Crippen LogP contribution in [0.1, 0.15) is 53.6 Å². The predicted octanol–water partition coefficient (Wildman–Crippen LogP) is 5.90. The van der Waals surface area contributed by atoms with Gasteiger partial charge in [0.15, 0.2) is 0 Å². The monoisotopic (exact) mass is 467 g/mol. The van der Waals surface area contributed by atoms with Crippen molar-refractivity contribution < 1.29 is 19.4 Å². The second-order valence-electron chi connectivity index (χ2n) is 9.15. The molecule has 1 fully saturated rings. The summed E-state index contributed by atoms with van der Waals surface area (Å²) in [6, 6.07) is 20.0. The molecule has 5 rings (SSSR count). The molecule has 0 spiro atoms. The summed E-state index contributed by atoms with van der Waals surface area (Å²) in [5.74, 6) is -0.861. The van der Waals surface area contributed by atoms with Gasteiger partial charge in [0.1, 0.15) is 11.5 Å². The van der Waals surface area contributed by atoms with Gasteiger partial charge in [-0.15, -0.1) is 0 Å². The zero-order chi connectivity index (χ0) is 24.5. The smallest absolute Gasteiger partial charge is 0.300 e. The number of ether oxygens (including phenoxy) is 1. The number of carbonyl (C=O) groups excluding carboxylic acids is 2. The van der Waals surface area contributed by atoms with Crippen molar-refractivity contribution in [2.45, 2.75) is 45.6 Å². The van der Waals surface area contributed by atoms with Gasteiger partial charge in [-0.1, -0.05) is 42.5 Å². The Kier molecular flexibility index (Phi) is 6.16. The summed E-state index contributed by atoms with van der Waals surface area (Å²) in [6.45, 7) is 4.33. The number of aryl methyl sites for hydroxylation is 3. The molecule has 178 valence electrons. The van der Waals surface area contributed by atoms with Crippen LogP contribution in [0.3, 0.4) is 0 Å². The second kappa shape index (κ2) is 9.41. The number of amides is 1. The molecular formula is C30H29NO4. The second-order valence-corrected chi connectivity index (χ2v) is 9.15. The molecule has 35 heavy (non-hydrogen) atoms. The molecule has 5 heteroatoms. The Morgan fingerprint density at radius 1 is 0.971 bits per heavy atom. The molecule has 1 atom stereocenters. The highest BCUT2D eigenvalue weighted by Gasteiger charge is 2.47. The van der Waals surface area contributed by atoms with Gasteiger partial charge in [-0.3, -0.25) is 14.5 Å². The van der Waals surface area contributed by atoms with E-state index in [1.54, 1.807) is 18.2 Å². The minimum atomic E-state index is -0.746. The quantitative estimate of drug-likeness (QED) is 0.288. The molecule has 2 aliphatic rings. The van der Waals surface area contributed by atoms with E-state index in [9.17, 15) is 14.7 Å². The first-order valence-electron chi connectivity index (χ1n) is 12.2. The number of carbonyl (C=O) groups is 2. The van der Waals surface area contributed by atoms with E-state index in [0.29, 0.717) is 23.6 Å². The molecule has 1 heterocycles. The maximum absolute atomic E-state index is 13.5. The first-order chi connectivity index (χ1) is 17.0. The van der Waals surface area contributed by atoms with Crippen molar-refractivity contribution in [3.05, 3.63) is 100 Å². The van der Waals surface area contributed by atoms with Crippen LogP contribution in [-0.2, 0) is 22.4 Å². The summed E-state index contributed by atoms with van der Waals surface area (Å²) in [5.41, 5.74) is 5.46. The Morgan fingerprint density at radius 2 is 1.74 bits per heavy atom. The number of hydrogen-bond acceptors (Lipinski definition) is 4. The largest absolute Gasteiger partial charge is 0.507 e. The van der Waals surface area contributed by atoms with Crippen LogP contribution in [0.5, 0.6) is 5.75 Å². The van der Waals surface area contributed by atoms with Crippen LogP contribution in [0, 0.1) is 6.92 Å². The molecule has 0 aromatic heterocycles. The van der Waals surface area contributed by atoms with Crippen LogP contribution < -0.4 is 9.64 Å². The average molecular weight is 468 g/mol. The lowest BCUT2D eigenvalue weighted by atomic mass is 9.88. The van der Waals surface area contributed by atoms with Gasteiger partial charge >= 0.3 is 0 Å². The summed E-state index contributed by atoms with van der Waals surface area (Å²) in [7, 11) is 0. The number of fused-ring (bicyclic) bond motifs is 1. The number of benzene rings is 3. The number of hydrogen-bond donors (Lipinski definition) is 1. The Morgan fingerprint density at radius 3 is 2.51 bits per heavy atom. The van der Waals surface area contributed by atoms with Crippen LogP contribution in [0.2, 0.25) is 0 Å². The van der Waals surface area contributed by atoms with Crippen molar-refractivity contribution in [2.75, 3.05) is 11.5 Å². The average Bonchev–Trinajstić information content (AvgIpc) is 3.14. The predicted molar refractivity (Wildman–Crippen MR) is 137 cm³/mol. The van der Waals surface area contributed by atoms with E-state index in [-0.39, 0.29) is 11.3 Å². The maximum Gasteiger partial charge on any atom is 0.300 e. The standard InChI is InChI=1S/C30H29NO4/c1-3-35-24-13-8-12-23(18-24)31-27(25-14-7-4-9-19(25)2)26(29(33)30(31)34)28(32)22-16-15-20-10-5-6-11-21(20)17-22/h4,7-9,12-18,27,32H,3,5-6,10-11H2,1-2H3/b28-26+. The normalized spacial score (nSPS) is 19.0. The molecule has 1 amide bonds. The summed E-state index contributed by atoms with van der Waals surface area (Å²) in [5, 5.41) is 11.5. The number of ketones is 1. The first kappa shape index (κ1) is 22.9. The Balaban J connectivity index is 1.69. The number of Topliss-reactive ketones (excluding diaryl/α,β-unsaturated/α-hetero) is 1. The Bertz CT molecular complexity index is 1340. The van der Waals surface area contributed by atoms with Crippen LogP contribution in [0.15, 0.2) is 72.3 Å². The topological polar surface area (TPSA) is 66.8 Å². The van der Waals surface area contributed by atoms with Gasteiger partial charge in [-0.2, -0.15) is 0 Å². The Hall–Kier alpha value is -3.86. The summed E-state index contributed by atoms with van der Waals surface area (Å²) in [6.07, 6.45) is 4.26. The lowest BCUT2D eigenvalue weighted by molar-refractivity contribution is -0.132. The van der Waals surface area contributed by atoms with Gasteiger partial charge in [0.2, 0.25) is 0 Å². The zero-order valence-corrected chi connectivity index (χ0v) is 20.1. The van der Waals surface area contributed by atoms with E-state index < -0.39 is 17.7 Å². The molecule has 1 aliphatic heterocycles. The SMILES string of the molecule is CCOc1cccc(N2C(=O)C(=O)/C(=C(/O)c3ccc4c(c3)CCCC4)C2c2ccccc2C)c1. The van der Waals surface area contributed by atoms with E-state index in [0.717, 1.165) is 36.8 Å². The number of anilines is 1. The van der Waals surface area contributed by atoms with Crippen molar-refractivity contribution in [2.24, 2.45) is 0 Å². The third-order valence-electron chi connectivity index (χ3n) is 6.96. The third-order valence-corrected chi connectivity index (χ3v) is 6.96. The molecular weight excluding hydrogens is 438 g/mol. The number of aliphatic hydroxyl groups excluding tert-OH is 1. The van der Waals surface area contributed by atoms with Crippen molar-refractivity contribution in [3.8, 4) is 5.75 Å². The molecule has 1 aliphatic carbocycles. The molecule has 3 aromatic rings. The van der Waals surface area contributed by atoms with E-state index in [2.05, 4.69) is 0 Å². The minimum Gasteiger partial charge on any atom is -0.507 e. The van der Waals surface area contributed by atoms with Crippen molar-refractivity contribution in [1.82, 2.24) is 0 Å². The van der Waals surface area contributed by atoms with Gasteiger partial charge in [0.25, 0.3) is 11.7 Å². The highest BCUT2D eigenvalue weighted by molar-refractivity contribution is 6.51. The minimum absolute atomic E-state index is 0.113. The molecule has 0 saturated carbocycles. The van der Waals surface area contributed by atoms with Gasteiger partial charge in [0, 0.05) is 17.3 Å². The number of rotatable bonds is 5. The molecule has 5 nitrogen and oxygen atoms in total. The van der Waals surface area contributed by atoms with Crippen LogP contribution in [0.4, 0.5) is 5.69 Å². The van der Waals surface area contributed by atoms with E-state index >= 15 is 0 Å². The van der Waals surface area contributed by atoms with Crippen LogP contribution in [-0.4, -0.2) is 23.4 Å². The van der Waals surface area contributed by atoms with Crippen LogP contribution in [0.25, 0.3) is 5.76 Å². The molecule has 1 N–H and O–H groups in total. The van der Waals surface area contributed by atoms with Crippen molar-refractivity contribution >= 4 is 23.1 Å². The molecule has 1 unspecified atom stereocenters. The van der Waals surface area contributed by atoms with E-state index in [4.69, 9.17) is 4.74 Å². The summed E-state index contributed by atoms with van der Waals surface area (Å²) in [4.78, 5) is 28.4. The number of aliphatic hydroxyl groups is 1. The van der Waals surface area contributed by atoms with Gasteiger partial charge < -0.3 is 9.84 Å². The fourth-order valence-electron chi connectivity index (χ4n) is 5.21. The van der Waals surface area contributed by atoms with Gasteiger partial charge in [0.05, 0.1) is 18.2 Å². The zero-order valence-electron chi connectivity index (χ0n) is 20.1. The van der Waals surface area contributed by atoms with E-state index in [1.165, 1.54) is 16.0 Å². The maximum atomic E-state index is 13.5. The summed E-state index contributed by atoms with van der Waals surface area (Å²) < 4.78 is 5.65. The van der Waals surface area contributed by atoms with Crippen molar-refractivity contribution in [3.63, 3.8) is 0 Å². The fraction of sp³-hybridized carbons (Fsp3) is 0.267. The fourth-order valence-corrected chi connectivity index (χ4v) is 5.21. The summed E-state index contributed by atoms with van der Waals surface area (Å²) >= 11 is 0. The lowest BCUT2D eigenvalue weighted by Gasteiger charge is -2.27. The van der Waals surface area contributed by atoms with Gasteiger partial charge in [-0.05, 0) is 80.0 Å². The first-order valence-corrected chi connectivity index (χ1v) is 12.2. The lowest BCUT2D eigenvalue weighted by Crippen LogP contribution is -2.29. The molecule has 0 radical (unpaired) electrons. The highest BCUT2D eigenvalue weighted by atomic mass is 16.5. The van der Waals surface area contributed by atoms with Crippen molar-refractivity contribution in [1.29, 1.82) is 0 Å². The highest BCUT2D eigenvalue weighted by Crippen LogP contribution is 2.44.